The predicted molar refractivity (Wildman–Crippen MR) is 269 cm³/mol. The molecular formula is C52H40Cl3N3O7S3. The number of carbonyl (C=O) groups excluding carboxylic acids is 6. The SMILES string of the molecule is CO[C@H]1CC(=O)C[C@@H](c2ccsc2)[C@]12C(=O)Nc1cc(Cl)ccc12.O=C1C=C[C@@]2(C(=O)Nc3cc(Cl)ccc32)[C@@H](c2ccsc2)C1.O=C1C=C[C@@]2(C(=O)Nc3cc(Cl)ccc32)[C@H](c2ccsc2)C1. The van der Waals surface area contributed by atoms with Crippen LogP contribution in [0.4, 0.5) is 17.1 Å². The first-order valence-corrected chi connectivity index (χ1v) is 25.6. The Morgan fingerprint density at radius 2 is 0.926 bits per heavy atom. The average Bonchev–Trinajstić information content (AvgIpc) is 4.19. The number of halogens is 3. The standard InChI is InChI=1S/C18H16ClNO3S.2C17H12ClNO2S/c1-23-16-8-12(21)7-14(10-4-5-24-9-10)18(16)13-3-2-11(19)6-15(13)20-17(18)22;2*18-11-1-2-13-15(7-11)19-16(21)17(13)5-3-12(20)8-14(17)10-4-6-22-9-10/h2-6,9,14,16H,7-8H2,1H3,(H,20,22);2*1-7,9,14H,8H2,(H,19,21)/t14-,16-,18-;14-,17+;14-,17-/m010/s1. The fourth-order valence-electron chi connectivity index (χ4n) is 11.1. The monoisotopic (exact) mass is 1020 g/mol. The van der Waals surface area contributed by atoms with Crippen LogP contribution >= 0.6 is 68.8 Å². The van der Waals surface area contributed by atoms with Crippen molar-refractivity contribution < 1.29 is 33.5 Å². The lowest BCUT2D eigenvalue weighted by molar-refractivity contribution is -0.137. The Morgan fingerprint density at radius 3 is 1.35 bits per heavy atom. The van der Waals surface area contributed by atoms with Gasteiger partial charge in [0, 0.05) is 82.7 Å². The third-order valence-corrected chi connectivity index (χ3v) is 17.0. The molecule has 12 rings (SSSR count). The van der Waals surface area contributed by atoms with Crippen molar-refractivity contribution >= 4 is 121 Å². The molecule has 344 valence electrons. The van der Waals surface area contributed by atoms with E-state index < -0.39 is 22.3 Å². The van der Waals surface area contributed by atoms with Gasteiger partial charge >= 0.3 is 0 Å². The normalized spacial score (nSPS) is 27.2. The van der Waals surface area contributed by atoms with Crippen LogP contribution in [0.2, 0.25) is 15.1 Å². The van der Waals surface area contributed by atoms with E-state index in [1.165, 1.54) is 12.2 Å². The Labute approximate surface area is 418 Å². The Bertz CT molecular complexity index is 2960. The highest BCUT2D eigenvalue weighted by molar-refractivity contribution is 7.08. The third kappa shape index (κ3) is 7.54. The summed E-state index contributed by atoms with van der Waals surface area (Å²) in [7, 11) is 1.57. The number of methoxy groups -OCH3 is 1. The first kappa shape index (κ1) is 46.2. The number of rotatable bonds is 4. The number of nitrogens with one attached hydrogen (secondary N) is 3. The number of ketones is 3. The van der Waals surface area contributed by atoms with Crippen molar-refractivity contribution in [1.82, 2.24) is 0 Å². The summed E-state index contributed by atoms with van der Waals surface area (Å²) in [6.45, 7) is 0. The Hall–Kier alpha value is -5.51. The average molecular weight is 1020 g/mol. The molecule has 0 bridgehead atoms. The molecule has 6 aromatic rings. The van der Waals surface area contributed by atoms with Gasteiger partial charge in [-0.25, -0.2) is 0 Å². The van der Waals surface area contributed by atoms with Gasteiger partial charge in [0.2, 0.25) is 17.7 Å². The van der Waals surface area contributed by atoms with Crippen LogP contribution < -0.4 is 16.0 Å². The summed E-state index contributed by atoms with van der Waals surface area (Å²) in [5.74, 6) is -0.674. The summed E-state index contributed by atoms with van der Waals surface area (Å²) < 4.78 is 5.67. The highest BCUT2D eigenvalue weighted by Crippen LogP contribution is 2.57. The summed E-state index contributed by atoms with van der Waals surface area (Å²) in [4.78, 5) is 75.0. The van der Waals surface area contributed by atoms with Gasteiger partial charge in [0.1, 0.15) is 22.0 Å². The molecule has 3 spiro atoms. The van der Waals surface area contributed by atoms with Gasteiger partial charge < -0.3 is 20.7 Å². The summed E-state index contributed by atoms with van der Waals surface area (Å²) in [6, 6.07) is 22.3. The number of anilines is 3. The smallest absolute Gasteiger partial charge is 0.239 e. The molecule has 6 heterocycles. The van der Waals surface area contributed by atoms with Gasteiger partial charge in [0.05, 0.1) is 6.10 Å². The molecule has 3 aliphatic heterocycles. The van der Waals surface area contributed by atoms with Crippen LogP contribution in [-0.2, 0) is 49.7 Å². The van der Waals surface area contributed by atoms with Crippen molar-refractivity contribution in [2.75, 3.05) is 23.1 Å². The summed E-state index contributed by atoms with van der Waals surface area (Å²) in [6.07, 6.45) is 7.35. The van der Waals surface area contributed by atoms with Crippen LogP contribution in [0.25, 0.3) is 0 Å². The number of thiophene rings is 3. The van der Waals surface area contributed by atoms with Crippen molar-refractivity contribution in [3.63, 3.8) is 0 Å². The largest absolute Gasteiger partial charge is 0.379 e. The van der Waals surface area contributed by atoms with E-state index in [0.29, 0.717) is 40.0 Å². The molecular weight excluding hydrogens is 981 g/mol. The van der Waals surface area contributed by atoms with Crippen molar-refractivity contribution in [2.24, 2.45) is 0 Å². The zero-order valence-electron chi connectivity index (χ0n) is 36.1. The maximum absolute atomic E-state index is 13.2. The number of benzene rings is 3. The minimum atomic E-state index is -0.899. The number of amides is 3. The van der Waals surface area contributed by atoms with Gasteiger partial charge in [-0.2, -0.15) is 34.0 Å². The van der Waals surface area contributed by atoms with E-state index in [-0.39, 0.29) is 59.2 Å². The second-order valence-corrected chi connectivity index (χ2v) is 21.2. The molecule has 0 unspecified atom stereocenters. The van der Waals surface area contributed by atoms with Gasteiger partial charge in [-0.1, -0.05) is 65.2 Å². The van der Waals surface area contributed by atoms with Crippen LogP contribution in [0.15, 0.2) is 129 Å². The summed E-state index contributed by atoms with van der Waals surface area (Å²) in [5, 5.41) is 22.5. The Morgan fingerprint density at radius 1 is 0.515 bits per heavy atom. The molecule has 6 aliphatic rings. The van der Waals surface area contributed by atoms with E-state index >= 15 is 0 Å². The van der Waals surface area contributed by atoms with Crippen molar-refractivity contribution in [2.45, 2.75) is 65.8 Å². The van der Waals surface area contributed by atoms with Gasteiger partial charge in [-0.15, -0.1) is 0 Å². The lowest BCUT2D eigenvalue weighted by Gasteiger charge is -2.44. The molecule has 3 N–H and O–H groups in total. The molecule has 1 fully saturated rings. The minimum absolute atomic E-state index is 0.0528. The van der Waals surface area contributed by atoms with Gasteiger partial charge in [-0.05, 0) is 132 Å². The summed E-state index contributed by atoms with van der Waals surface area (Å²) >= 11 is 22.9. The fourth-order valence-corrected chi connectivity index (χ4v) is 13.8. The fraction of sp³-hybridized carbons (Fsp3) is 0.231. The number of carbonyl (C=O) groups is 6. The number of hydrogen-bond acceptors (Lipinski definition) is 10. The van der Waals surface area contributed by atoms with Crippen LogP contribution in [-0.4, -0.2) is 48.3 Å². The van der Waals surface area contributed by atoms with E-state index in [1.54, 1.807) is 89.7 Å². The Balaban J connectivity index is 0.000000119. The molecule has 3 amide bonds. The molecule has 7 atom stereocenters. The first-order valence-electron chi connectivity index (χ1n) is 21.7. The molecule has 1 saturated carbocycles. The van der Waals surface area contributed by atoms with E-state index in [2.05, 4.69) is 16.0 Å². The van der Waals surface area contributed by atoms with Crippen LogP contribution in [0.1, 0.15) is 76.8 Å². The number of Topliss-reactive ketones (excluding diaryl/α,β-unsaturated/α-hetero) is 1. The lowest BCUT2D eigenvalue weighted by atomic mass is 9.59. The number of hydrogen-bond donors (Lipinski definition) is 3. The maximum Gasteiger partial charge on any atom is 0.239 e. The summed E-state index contributed by atoms with van der Waals surface area (Å²) in [5.41, 5.74) is 5.34. The number of allylic oxidation sites excluding steroid dienone is 2. The topological polar surface area (TPSA) is 148 Å². The van der Waals surface area contributed by atoms with Crippen molar-refractivity contribution in [3.05, 3.63) is 178 Å². The number of fused-ring (bicyclic) bond motifs is 6. The van der Waals surface area contributed by atoms with Gasteiger partial charge in [0.25, 0.3) is 0 Å². The molecule has 0 radical (unpaired) electrons. The van der Waals surface area contributed by atoms with Gasteiger partial charge in [-0.3, -0.25) is 28.8 Å². The van der Waals surface area contributed by atoms with E-state index in [1.807, 2.05) is 68.7 Å². The van der Waals surface area contributed by atoms with E-state index in [9.17, 15) is 28.8 Å². The molecule has 68 heavy (non-hydrogen) atoms. The minimum Gasteiger partial charge on any atom is -0.379 e. The van der Waals surface area contributed by atoms with E-state index in [4.69, 9.17) is 39.5 Å². The van der Waals surface area contributed by atoms with Crippen molar-refractivity contribution in [3.8, 4) is 0 Å². The highest BCUT2D eigenvalue weighted by Gasteiger charge is 2.61. The highest BCUT2D eigenvalue weighted by atomic mass is 35.5. The van der Waals surface area contributed by atoms with Crippen molar-refractivity contribution in [1.29, 1.82) is 0 Å². The molecule has 3 aliphatic carbocycles. The lowest BCUT2D eigenvalue weighted by Crippen LogP contribution is -2.55. The van der Waals surface area contributed by atoms with Crippen LogP contribution in [0, 0.1) is 0 Å². The molecule has 16 heteroatoms. The molecule has 3 aromatic heterocycles. The quantitative estimate of drug-likeness (QED) is 0.159. The zero-order chi connectivity index (χ0) is 47.5. The zero-order valence-corrected chi connectivity index (χ0v) is 40.8. The second kappa shape index (κ2) is 18.1. The predicted octanol–water partition coefficient (Wildman–Crippen LogP) is 11.6. The third-order valence-electron chi connectivity index (χ3n) is 14.2. The molecule has 10 nitrogen and oxygen atoms in total. The Kier molecular flexibility index (Phi) is 12.3. The van der Waals surface area contributed by atoms with Crippen LogP contribution in [0.5, 0.6) is 0 Å². The first-order chi connectivity index (χ1) is 32.8. The van der Waals surface area contributed by atoms with Gasteiger partial charge in [0.15, 0.2) is 11.6 Å². The number of ether oxygens (including phenoxy) is 1. The maximum atomic E-state index is 13.2. The molecule has 3 aromatic carbocycles. The van der Waals surface area contributed by atoms with Crippen LogP contribution in [0.3, 0.4) is 0 Å². The second-order valence-electron chi connectivity index (χ2n) is 17.5. The molecule has 0 saturated heterocycles. The van der Waals surface area contributed by atoms with E-state index in [0.717, 1.165) is 44.8 Å².